The summed E-state index contributed by atoms with van der Waals surface area (Å²) in [4.78, 5) is 2.46. The van der Waals surface area contributed by atoms with E-state index in [1.165, 1.54) is 55.3 Å². The van der Waals surface area contributed by atoms with Crippen molar-refractivity contribution in [3.8, 4) is 33.4 Å². The molecule has 0 unspecified atom stereocenters. The third-order valence-corrected chi connectivity index (χ3v) is 12.7. The summed E-state index contributed by atoms with van der Waals surface area (Å²) < 4.78 is 6.30. The number of hydrogen-bond acceptors (Lipinski definition) is 2. The van der Waals surface area contributed by atoms with Gasteiger partial charge in [-0.1, -0.05) is 188 Å². The van der Waals surface area contributed by atoms with Crippen LogP contribution in [0.4, 0.5) is 17.1 Å². The number of anilines is 3. The van der Waals surface area contributed by atoms with Gasteiger partial charge in [0.05, 0.1) is 11.1 Å². The first-order chi connectivity index (χ1) is 30.3. The second-order valence-corrected chi connectivity index (χ2v) is 16.0. The van der Waals surface area contributed by atoms with Gasteiger partial charge in [-0.3, -0.25) is 0 Å². The molecule has 2 heteroatoms. The van der Waals surface area contributed by atoms with Crippen molar-refractivity contribution in [3.63, 3.8) is 0 Å². The molecule has 61 heavy (non-hydrogen) atoms. The third kappa shape index (κ3) is 5.50. The van der Waals surface area contributed by atoms with Gasteiger partial charge in [0.15, 0.2) is 0 Å². The molecule has 1 heterocycles. The van der Waals surface area contributed by atoms with Gasteiger partial charge in [-0.25, -0.2) is 0 Å². The molecule has 11 aromatic rings. The highest BCUT2D eigenvalue weighted by atomic mass is 16.3. The molecule has 12 rings (SSSR count). The Labute approximate surface area is 355 Å². The summed E-state index contributed by atoms with van der Waals surface area (Å²) in [6.07, 6.45) is 0. The Morgan fingerprint density at radius 3 is 1.75 bits per heavy atom. The number of benzene rings is 10. The van der Waals surface area contributed by atoms with Gasteiger partial charge in [-0.15, -0.1) is 0 Å². The van der Waals surface area contributed by atoms with E-state index in [0.29, 0.717) is 0 Å². The topological polar surface area (TPSA) is 16.4 Å². The normalized spacial score (nSPS) is 12.7. The lowest BCUT2D eigenvalue weighted by Crippen LogP contribution is -2.28. The van der Waals surface area contributed by atoms with Crippen molar-refractivity contribution in [2.75, 3.05) is 4.90 Å². The quantitative estimate of drug-likeness (QED) is 0.160. The zero-order valence-corrected chi connectivity index (χ0v) is 33.4. The van der Waals surface area contributed by atoms with Crippen LogP contribution < -0.4 is 4.90 Å². The van der Waals surface area contributed by atoms with Crippen LogP contribution in [0.1, 0.15) is 22.3 Å². The fourth-order valence-corrected chi connectivity index (χ4v) is 10.1. The molecule has 0 N–H and O–H groups in total. The van der Waals surface area contributed by atoms with Gasteiger partial charge in [-0.2, -0.15) is 0 Å². The largest absolute Gasteiger partial charge is 0.456 e. The predicted octanol–water partition coefficient (Wildman–Crippen LogP) is 15.9. The smallest absolute Gasteiger partial charge is 0.135 e. The molecule has 0 spiro atoms. The van der Waals surface area contributed by atoms with Crippen molar-refractivity contribution in [1.82, 2.24) is 0 Å². The summed E-state index contributed by atoms with van der Waals surface area (Å²) in [5.41, 5.74) is 16.7. The fourth-order valence-electron chi connectivity index (χ4n) is 10.1. The molecular formula is C59H39NO. The fraction of sp³-hybridized carbons (Fsp3) is 0.0169. The number of para-hydroxylation sites is 2. The Hall–Kier alpha value is -7.94. The average Bonchev–Trinajstić information content (AvgIpc) is 3.85. The summed E-state index contributed by atoms with van der Waals surface area (Å²) in [6, 6.07) is 86.3. The third-order valence-electron chi connectivity index (χ3n) is 12.7. The first kappa shape index (κ1) is 35.0. The molecule has 0 bridgehead atoms. The molecule has 286 valence electrons. The van der Waals surface area contributed by atoms with Crippen LogP contribution in [0.3, 0.4) is 0 Å². The standard InChI is InChI=1S/C59H39NO/c1-3-20-43(21-4-1)59(44-22-5-2-6-23-44)54-30-12-9-27-50(54)51-35-34-46(39-55(51)59)60(45-24-15-19-41(37-45)48-29-16-18-40-17-7-8-25-47(40)48)56-31-13-10-26-49(56)42-33-36-58-53(38-42)52-28-11-14-32-57(52)61-58/h1-39H. The van der Waals surface area contributed by atoms with E-state index in [9.17, 15) is 0 Å². The van der Waals surface area contributed by atoms with Gasteiger partial charge in [0, 0.05) is 27.7 Å². The first-order valence-corrected chi connectivity index (χ1v) is 21.0. The summed E-state index contributed by atoms with van der Waals surface area (Å²) in [5, 5.41) is 4.69. The number of furan rings is 1. The molecule has 0 radical (unpaired) electrons. The highest BCUT2D eigenvalue weighted by Crippen LogP contribution is 2.57. The van der Waals surface area contributed by atoms with Crippen LogP contribution in [0.25, 0.3) is 66.1 Å². The van der Waals surface area contributed by atoms with E-state index in [1.807, 2.05) is 12.1 Å². The molecule has 0 amide bonds. The minimum absolute atomic E-state index is 0.534. The molecule has 0 saturated carbocycles. The maximum Gasteiger partial charge on any atom is 0.135 e. The van der Waals surface area contributed by atoms with Crippen molar-refractivity contribution in [2.24, 2.45) is 0 Å². The van der Waals surface area contributed by atoms with Gasteiger partial charge in [0.25, 0.3) is 0 Å². The first-order valence-electron chi connectivity index (χ1n) is 21.0. The van der Waals surface area contributed by atoms with Crippen LogP contribution in [0, 0.1) is 0 Å². The Kier molecular flexibility index (Phi) is 8.11. The van der Waals surface area contributed by atoms with E-state index >= 15 is 0 Å². The number of rotatable bonds is 7. The zero-order chi connectivity index (χ0) is 40.3. The number of nitrogens with zero attached hydrogens (tertiary/aromatic N) is 1. The molecule has 1 aliphatic carbocycles. The predicted molar refractivity (Wildman–Crippen MR) is 254 cm³/mol. The van der Waals surface area contributed by atoms with E-state index in [4.69, 9.17) is 4.42 Å². The zero-order valence-electron chi connectivity index (χ0n) is 33.4. The lowest BCUT2D eigenvalue weighted by Gasteiger charge is -2.35. The SMILES string of the molecule is c1ccc(C2(c3ccccc3)c3ccccc3-c3ccc(N(c4cccc(-c5cccc6ccccc56)c4)c4ccccc4-c4ccc5oc6ccccc6c5c4)cc32)cc1. The molecule has 0 aliphatic heterocycles. The van der Waals surface area contributed by atoms with Gasteiger partial charge in [0.1, 0.15) is 11.2 Å². The Bertz CT molecular complexity index is 3390. The molecular weight excluding hydrogens is 739 g/mol. The van der Waals surface area contributed by atoms with E-state index < -0.39 is 5.41 Å². The molecule has 0 atom stereocenters. The second kappa shape index (κ2) is 14.1. The molecule has 0 saturated heterocycles. The highest BCUT2D eigenvalue weighted by Gasteiger charge is 2.46. The van der Waals surface area contributed by atoms with Crippen LogP contribution in [0.15, 0.2) is 241 Å². The van der Waals surface area contributed by atoms with Crippen molar-refractivity contribution in [3.05, 3.63) is 259 Å². The van der Waals surface area contributed by atoms with Crippen LogP contribution in [-0.4, -0.2) is 0 Å². The lowest BCUT2D eigenvalue weighted by atomic mass is 9.67. The van der Waals surface area contributed by atoms with Crippen LogP contribution in [0.5, 0.6) is 0 Å². The maximum atomic E-state index is 6.30. The number of fused-ring (bicyclic) bond motifs is 7. The van der Waals surface area contributed by atoms with Crippen LogP contribution in [0.2, 0.25) is 0 Å². The summed E-state index contributed by atoms with van der Waals surface area (Å²) in [6.45, 7) is 0. The van der Waals surface area contributed by atoms with Gasteiger partial charge in [-0.05, 0) is 109 Å². The van der Waals surface area contributed by atoms with Crippen LogP contribution >= 0.6 is 0 Å². The molecule has 1 aromatic heterocycles. The minimum atomic E-state index is -0.534. The van der Waals surface area contributed by atoms with E-state index in [1.54, 1.807) is 0 Å². The van der Waals surface area contributed by atoms with E-state index in [0.717, 1.165) is 50.1 Å². The summed E-state index contributed by atoms with van der Waals surface area (Å²) in [7, 11) is 0. The second-order valence-electron chi connectivity index (χ2n) is 16.0. The van der Waals surface area contributed by atoms with E-state index in [-0.39, 0.29) is 0 Å². The summed E-state index contributed by atoms with van der Waals surface area (Å²) >= 11 is 0. The maximum absolute atomic E-state index is 6.30. The van der Waals surface area contributed by atoms with Crippen molar-refractivity contribution in [1.29, 1.82) is 0 Å². The van der Waals surface area contributed by atoms with E-state index in [2.05, 4.69) is 229 Å². The highest BCUT2D eigenvalue weighted by molar-refractivity contribution is 6.07. The Balaban J connectivity index is 1.13. The van der Waals surface area contributed by atoms with Crippen molar-refractivity contribution >= 4 is 49.8 Å². The Morgan fingerprint density at radius 2 is 0.918 bits per heavy atom. The summed E-state index contributed by atoms with van der Waals surface area (Å²) in [5.74, 6) is 0. The number of hydrogen-bond donors (Lipinski definition) is 0. The molecule has 10 aromatic carbocycles. The molecule has 0 fully saturated rings. The lowest BCUT2D eigenvalue weighted by molar-refractivity contribution is 0.669. The van der Waals surface area contributed by atoms with Gasteiger partial charge >= 0.3 is 0 Å². The van der Waals surface area contributed by atoms with Gasteiger partial charge in [0.2, 0.25) is 0 Å². The minimum Gasteiger partial charge on any atom is -0.456 e. The van der Waals surface area contributed by atoms with Crippen LogP contribution in [-0.2, 0) is 5.41 Å². The average molecular weight is 778 g/mol. The monoisotopic (exact) mass is 777 g/mol. The van der Waals surface area contributed by atoms with Crippen molar-refractivity contribution < 1.29 is 4.42 Å². The molecule has 1 aliphatic rings. The molecule has 2 nitrogen and oxygen atoms in total. The van der Waals surface area contributed by atoms with Gasteiger partial charge < -0.3 is 9.32 Å². The van der Waals surface area contributed by atoms with Crippen molar-refractivity contribution in [2.45, 2.75) is 5.41 Å². The Morgan fingerprint density at radius 1 is 0.328 bits per heavy atom.